The van der Waals surface area contributed by atoms with Crippen molar-refractivity contribution >= 4 is 9.84 Å². The molecule has 0 aliphatic heterocycles. The third-order valence-electron chi connectivity index (χ3n) is 4.28. The highest BCUT2D eigenvalue weighted by Gasteiger charge is 2.28. The molecule has 0 heterocycles. The molecule has 0 unspecified atom stereocenters. The van der Waals surface area contributed by atoms with Crippen LogP contribution in [0.5, 0.6) is 0 Å². The van der Waals surface area contributed by atoms with E-state index in [0.29, 0.717) is 4.90 Å². The van der Waals surface area contributed by atoms with Crippen molar-refractivity contribution in [2.75, 3.05) is 0 Å². The van der Waals surface area contributed by atoms with Crippen LogP contribution in [-0.2, 0) is 9.84 Å². The Morgan fingerprint density at radius 3 is 1.90 bits per heavy atom. The van der Waals surface area contributed by atoms with Gasteiger partial charge in [-0.25, -0.2) is 8.42 Å². The Kier molecular flexibility index (Phi) is 4.11. The van der Waals surface area contributed by atoms with Gasteiger partial charge in [0.15, 0.2) is 9.84 Å². The fourth-order valence-corrected chi connectivity index (χ4v) is 4.89. The molecule has 0 N–H and O–H groups in total. The average Bonchev–Trinajstić information content (AvgIpc) is 2.57. The van der Waals surface area contributed by atoms with Gasteiger partial charge in [-0.15, -0.1) is 0 Å². The number of hydrogen-bond acceptors (Lipinski definition) is 2. The maximum Gasteiger partial charge on any atom is 0.181 e. The second kappa shape index (κ2) is 6.02. The molecule has 0 bridgehead atoms. The Balaban J connectivity index is 1.87. The summed E-state index contributed by atoms with van der Waals surface area (Å²) in [6, 6.07) is 17.3. The van der Waals surface area contributed by atoms with Crippen LogP contribution in [0, 0.1) is 0 Å². The fourth-order valence-electron chi connectivity index (χ4n) is 3.04. The second-order valence-corrected chi connectivity index (χ2v) is 7.92. The first-order valence-electron chi connectivity index (χ1n) is 7.57. The lowest BCUT2D eigenvalue weighted by Crippen LogP contribution is -2.24. The lowest BCUT2D eigenvalue weighted by atomic mass is 10.0. The second-order valence-electron chi connectivity index (χ2n) is 5.70. The molecule has 2 aromatic carbocycles. The van der Waals surface area contributed by atoms with E-state index >= 15 is 0 Å². The lowest BCUT2D eigenvalue weighted by Gasteiger charge is -2.21. The summed E-state index contributed by atoms with van der Waals surface area (Å²) in [5.41, 5.74) is 2.16. The summed E-state index contributed by atoms with van der Waals surface area (Å²) >= 11 is 0. The zero-order valence-electron chi connectivity index (χ0n) is 12.0. The third-order valence-corrected chi connectivity index (χ3v) is 6.56. The van der Waals surface area contributed by atoms with E-state index in [0.717, 1.165) is 36.8 Å². The summed E-state index contributed by atoms with van der Waals surface area (Å²) in [7, 11) is -3.16. The Morgan fingerprint density at radius 1 is 0.714 bits per heavy atom. The molecular weight excluding hydrogens is 280 g/mol. The van der Waals surface area contributed by atoms with Gasteiger partial charge < -0.3 is 0 Å². The van der Waals surface area contributed by atoms with Crippen molar-refractivity contribution in [3.63, 3.8) is 0 Å². The summed E-state index contributed by atoms with van der Waals surface area (Å²) in [5.74, 6) is 0. The monoisotopic (exact) mass is 300 g/mol. The van der Waals surface area contributed by atoms with E-state index in [2.05, 4.69) is 0 Å². The molecule has 0 atom stereocenters. The molecule has 3 heteroatoms. The van der Waals surface area contributed by atoms with Gasteiger partial charge in [0.05, 0.1) is 10.1 Å². The predicted octanol–water partition coefficient (Wildman–Crippen LogP) is 4.46. The van der Waals surface area contributed by atoms with Crippen molar-refractivity contribution in [1.29, 1.82) is 0 Å². The standard InChI is InChI=1S/C18H20O2S/c19-21(20,17-9-5-2-6-10-17)18-13-11-16(12-14-18)15-7-3-1-4-8-15/h1,3-4,7-8,11-14,17H,2,5-6,9-10H2. The first kappa shape index (κ1) is 14.3. The highest BCUT2D eigenvalue weighted by molar-refractivity contribution is 7.92. The summed E-state index contributed by atoms with van der Waals surface area (Å²) in [4.78, 5) is 0.467. The average molecular weight is 300 g/mol. The zero-order chi connectivity index (χ0) is 14.7. The fraction of sp³-hybridized carbons (Fsp3) is 0.333. The van der Waals surface area contributed by atoms with E-state index < -0.39 is 9.84 Å². The van der Waals surface area contributed by atoms with Crippen molar-refractivity contribution in [3.8, 4) is 11.1 Å². The molecule has 1 aliphatic carbocycles. The van der Waals surface area contributed by atoms with Gasteiger partial charge in [-0.1, -0.05) is 61.7 Å². The van der Waals surface area contributed by atoms with Crippen molar-refractivity contribution in [3.05, 3.63) is 54.6 Å². The van der Waals surface area contributed by atoms with Gasteiger partial charge in [-0.3, -0.25) is 0 Å². The molecule has 2 aromatic rings. The molecule has 2 nitrogen and oxygen atoms in total. The van der Waals surface area contributed by atoms with Crippen LogP contribution in [0.25, 0.3) is 11.1 Å². The Hall–Kier alpha value is -1.61. The minimum Gasteiger partial charge on any atom is -0.223 e. The zero-order valence-corrected chi connectivity index (χ0v) is 12.9. The normalized spacial score (nSPS) is 16.8. The molecule has 0 amide bonds. The third kappa shape index (κ3) is 3.03. The molecule has 0 aromatic heterocycles. The molecule has 110 valence electrons. The van der Waals surface area contributed by atoms with Crippen LogP contribution in [-0.4, -0.2) is 13.7 Å². The number of rotatable bonds is 3. The minimum absolute atomic E-state index is 0.186. The first-order valence-corrected chi connectivity index (χ1v) is 9.12. The van der Waals surface area contributed by atoms with E-state index in [1.165, 1.54) is 6.42 Å². The summed E-state index contributed by atoms with van der Waals surface area (Å²) in [5, 5.41) is -0.186. The molecule has 1 aliphatic rings. The van der Waals surface area contributed by atoms with Crippen LogP contribution in [0.3, 0.4) is 0 Å². The molecule has 21 heavy (non-hydrogen) atoms. The van der Waals surface area contributed by atoms with E-state index in [9.17, 15) is 8.42 Å². The quantitative estimate of drug-likeness (QED) is 0.838. The van der Waals surface area contributed by atoms with Crippen LogP contribution in [0.4, 0.5) is 0 Å². The highest BCUT2D eigenvalue weighted by atomic mass is 32.2. The number of sulfone groups is 1. The van der Waals surface area contributed by atoms with E-state index in [1.54, 1.807) is 12.1 Å². The summed E-state index contributed by atoms with van der Waals surface area (Å²) < 4.78 is 25.3. The van der Waals surface area contributed by atoms with Crippen LogP contribution in [0.1, 0.15) is 32.1 Å². The van der Waals surface area contributed by atoms with Gasteiger partial charge in [0.25, 0.3) is 0 Å². The van der Waals surface area contributed by atoms with E-state index in [-0.39, 0.29) is 5.25 Å². The lowest BCUT2D eigenvalue weighted by molar-refractivity contribution is 0.483. The van der Waals surface area contributed by atoms with Crippen molar-refractivity contribution in [2.24, 2.45) is 0 Å². The molecule has 0 saturated heterocycles. The molecule has 0 radical (unpaired) electrons. The van der Waals surface area contributed by atoms with E-state index in [1.807, 2.05) is 42.5 Å². The topological polar surface area (TPSA) is 34.1 Å². The Labute approximate surface area is 126 Å². The van der Waals surface area contributed by atoms with Crippen molar-refractivity contribution < 1.29 is 8.42 Å². The Bertz CT molecular complexity index is 682. The largest absolute Gasteiger partial charge is 0.223 e. The van der Waals surface area contributed by atoms with Gasteiger partial charge in [-0.2, -0.15) is 0 Å². The van der Waals surface area contributed by atoms with Gasteiger partial charge in [0.1, 0.15) is 0 Å². The molecular formula is C18H20O2S. The maximum absolute atomic E-state index is 12.6. The van der Waals surface area contributed by atoms with Crippen LogP contribution in [0.15, 0.2) is 59.5 Å². The maximum atomic E-state index is 12.6. The SMILES string of the molecule is O=S(=O)(c1ccc(-c2ccccc2)cc1)C1CCCCC1. The van der Waals surface area contributed by atoms with Gasteiger partial charge >= 0.3 is 0 Å². The smallest absolute Gasteiger partial charge is 0.181 e. The summed E-state index contributed by atoms with van der Waals surface area (Å²) in [6.45, 7) is 0. The van der Waals surface area contributed by atoms with Crippen LogP contribution < -0.4 is 0 Å². The molecule has 1 fully saturated rings. The van der Waals surface area contributed by atoms with Gasteiger partial charge in [0, 0.05) is 0 Å². The van der Waals surface area contributed by atoms with Crippen LogP contribution in [0.2, 0.25) is 0 Å². The number of benzene rings is 2. The number of hydrogen-bond donors (Lipinski definition) is 0. The van der Waals surface area contributed by atoms with E-state index in [4.69, 9.17) is 0 Å². The van der Waals surface area contributed by atoms with Crippen LogP contribution >= 0.6 is 0 Å². The van der Waals surface area contributed by atoms with Gasteiger partial charge in [-0.05, 0) is 36.1 Å². The van der Waals surface area contributed by atoms with Gasteiger partial charge in [0.2, 0.25) is 0 Å². The Morgan fingerprint density at radius 2 is 1.29 bits per heavy atom. The summed E-state index contributed by atoms with van der Waals surface area (Å²) in [6.07, 6.45) is 4.85. The molecule has 3 rings (SSSR count). The first-order chi connectivity index (χ1) is 10.2. The molecule has 1 saturated carbocycles. The predicted molar refractivity (Wildman–Crippen MR) is 85.9 cm³/mol. The van der Waals surface area contributed by atoms with Crippen molar-refractivity contribution in [1.82, 2.24) is 0 Å². The molecule has 0 spiro atoms. The van der Waals surface area contributed by atoms with Crippen molar-refractivity contribution in [2.45, 2.75) is 42.2 Å². The highest BCUT2D eigenvalue weighted by Crippen LogP contribution is 2.29. The minimum atomic E-state index is -3.16.